The summed E-state index contributed by atoms with van der Waals surface area (Å²) in [6.45, 7) is 0. The molecule has 24 heavy (non-hydrogen) atoms. The number of aromatic amines is 3. The van der Waals surface area contributed by atoms with E-state index >= 15 is 0 Å². The lowest BCUT2D eigenvalue weighted by Crippen LogP contribution is -1.76. The van der Waals surface area contributed by atoms with Gasteiger partial charge in [-0.2, -0.15) is 0 Å². The monoisotopic (exact) mass is 311 g/mol. The van der Waals surface area contributed by atoms with E-state index < -0.39 is 0 Å². The summed E-state index contributed by atoms with van der Waals surface area (Å²) < 4.78 is 0. The summed E-state index contributed by atoms with van der Waals surface area (Å²) in [5.41, 5.74) is 4.28. The Balaban J connectivity index is 2.08. The fourth-order valence-corrected chi connectivity index (χ4v) is 4.06. The largest absolute Gasteiger partial charge is 0.494 e. The Labute approximate surface area is 135 Å². The van der Waals surface area contributed by atoms with Crippen LogP contribution in [0.2, 0.25) is 0 Å². The van der Waals surface area contributed by atoms with Crippen molar-refractivity contribution in [1.82, 2.24) is 15.0 Å². The summed E-state index contributed by atoms with van der Waals surface area (Å²) in [5.74, 6) is 0.215. The molecule has 3 heterocycles. The first-order valence-corrected chi connectivity index (χ1v) is 7.96. The van der Waals surface area contributed by atoms with Crippen molar-refractivity contribution in [1.29, 1.82) is 0 Å². The number of H-pyrrole nitrogens is 3. The molecule has 4 heteroatoms. The van der Waals surface area contributed by atoms with Gasteiger partial charge >= 0.3 is 0 Å². The van der Waals surface area contributed by atoms with Crippen LogP contribution in [0.4, 0.5) is 0 Å². The number of hydrogen-bond donors (Lipinski definition) is 4. The Morgan fingerprint density at radius 2 is 1.21 bits per heavy atom. The molecule has 0 atom stereocenters. The lowest BCUT2D eigenvalue weighted by Gasteiger charge is -2.00. The van der Waals surface area contributed by atoms with Crippen LogP contribution >= 0.6 is 0 Å². The molecule has 0 aliphatic rings. The van der Waals surface area contributed by atoms with Gasteiger partial charge in [-0.05, 0) is 12.1 Å². The second-order valence-electron chi connectivity index (χ2n) is 6.27. The Morgan fingerprint density at radius 3 is 1.92 bits per heavy atom. The maximum Gasteiger partial charge on any atom is 0.197 e. The molecule has 0 aliphatic carbocycles. The highest BCUT2D eigenvalue weighted by Gasteiger charge is 2.19. The van der Waals surface area contributed by atoms with Crippen molar-refractivity contribution in [3.05, 3.63) is 54.7 Å². The van der Waals surface area contributed by atoms with Crippen LogP contribution in [0.25, 0.3) is 54.4 Å². The van der Waals surface area contributed by atoms with Crippen LogP contribution in [0.1, 0.15) is 0 Å². The second-order valence-corrected chi connectivity index (χ2v) is 6.27. The lowest BCUT2D eigenvalue weighted by molar-refractivity contribution is 0.463. The minimum atomic E-state index is 0.215. The van der Waals surface area contributed by atoms with Gasteiger partial charge in [0.2, 0.25) is 0 Å². The smallest absolute Gasteiger partial charge is 0.197 e. The van der Waals surface area contributed by atoms with E-state index in [1.807, 2.05) is 30.5 Å². The lowest BCUT2D eigenvalue weighted by atomic mass is 10.0. The molecule has 0 saturated carbocycles. The van der Waals surface area contributed by atoms with E-state index in [2.05, 4.69) is 39.2 Å². The van der Waals surface area contributed by atoms with E-state index in [0.29, 0.717) is 0 Å². The van der Waals surface area contributed by atoms with E-state index in [1.54, 1.807) is 0 Å². The minimum Gasteiger partial charge on any atom is -0.494 e. The number of para-hydroxylation sites is 2. The molecule has 0 aliphatic heterocycles. The van der Waals surface area contributed by atoms with Gasteiger partial charge in [0.15, 0.2) is 5.88 Å². The van der Waals surface area contributed by atoms with E-state index in [4.69, 9.17) is 0 Å². The number of hydrogen-bond acceptors (Lipinski definition) is 1. The summed E-state index contributed by atoms with van der Waals surface area (Å²) in [6, 6.07) is 16.5. The molecule has 0 spiro atoms. The van der Waals surface area contributed by atoms with Crippen molar-refractivity contribution in [3.63, 3.8) is 0 Å². The molecule has 3 aromatic heterocycles. The molecule has 0 bridgehead atoms. The predicted molar refractivity (Wildman–Crippen MR) is 98.7 cm³/mol. The summed E-state index contributed by atoms with van der Waals surface area (Å²) in [5, 5.41) is 16.9. The van der Waals surface area contributed by atoms with Gasteiger partial charge in [0, 0.05) is 44.2 Å². The molecule has 0 amide bonds. The molecular formula is C20H13N3O. The van der Waals surface area contributed by atoms with Gasteiger partial charge in [0.05, 0.1) is 16.4 Å². The Morgan fingerprint density at radius 1 is 0.625 bits per heavy atom. The van der Waals surface area contributed by atoms with Crippen LogP contribution in [0, 0.1) is 0 Å². The molecule has 4 N–H and O–H groups in total. The SMILES string of the molecule is Oc1[nH]cc2c1c1c3ccccc3[nH]c1c1[nH]c3ccccc3c21. The first kappa shape index (κ1) is 12.1. The Bertz CT molecular complexity index is 1410. The molecular weight excluding hydrogens is 298 g/mol. The zero-order chi connectivity index (χ0) is 15.8. The molecule has 114 valence electrons. The van der Waals surface area contributed by atoms with Crippen LogP contribution in [-0.4, -0.2) is 20.1 Å². The summed E-state index contributed by atoms with van der Waals surface area (Å²) in [6.07, 6.45) is 1.90. The van der Waals surface area contributed by atoms with Crippen LogP contribution in [0.5, 0.6) is 5.88 Å². The maximum absolute atomic E-state index is 10.5. The first-order valence-electron chi connectivity index (χ1n) is 7.96. The zero-order valence-corrected chi connectivity index (χ0v) is 12.6. The Hall–Kier alpha value is -3.40. The van der Waals surface area contributed by atoms with Crippen molar-refractivity contribution in [2.75, 3.05) is 0 Å². The first-order chi connectivity index (χ1) is 11.8. The van der Waals surface area contributed by atoms with E-state index in [0.717, 1.165) is 54.4 Å². The average molecular weight is 311 g/mol. The number of fused-ring (bicyclic) bond motifs is 10. The molecule has 3 aromatic carbocycles. The Kier molecular flexibility index (Phi) is 1.97. The summed E-state index contributed by atoms with van der Waals surface area (Å²) >= 11 is 0. The molecule has 6 rings (SSSR count). The third-order valence-electron chi connectivity index (χ3n) is 5.04. The van der Waals surface area contributed by atoms with Crippen molar-refractivity contribution in [2.24, 2.45) is 0 Å². The van der Waals surface area contributed by atoms with Crippen molar-refractivity contribution in [3.8, 4) is 5.88 Å². The molecule has 0 fully saturated rings. The van der Waals surface area contributed by atoms with Gasteiger partial charge in [-0.3, -0.25) is 0 Å². The van der Waals surface area contributed by atoms with Gasteiger partial charge in [-0.15, -0.1) is 0 Å². The third-order valence-corrected chi connectivity index (χ3v) is 5.04. The molecule has 0 radical (unpaired) electrons. The van der Waals surface area contributed by atoms with Gasteiger partial charge in [0.25, 0.3) is 0 Å². The average Bonchev–Trinajstić information content (AvgIpc) is 3.27. The number of aromatic nitrogens is 3. The van der Waals surface area contributed by atoms with Crippen molar-refractivity contribution >= 4 is 54.4 Å². The molecule has 0 saturated heterocycles. The van der Waals surface area contributed by atoms with Gasteiger partial charge in [0.1, 0.15) is 0 Å². The summed E-state index contributed by atoms with van der Waals surface area (Å²) in [7, 11) is 0. The molecule has 4 nitrogen and oxygen atoms in total. The molecule has 6 aromatic rings. The van der Waals surface area contributed by atoms with Crippen LogP contribution < -0.4 is 0 Å². The quantitative estimate of drug-likeness (QED) is 0.308. The van der Waals surface area contributed by atoms with E-state index in [-0.39, 0.29) is 5.88 Å². The molecule has 0 unspecified atom stereocenters. The second kappa shape index (κ2) is 3.92. The van der Waals surface area contributed by atoms with E-state index in [1.165, 1.54) is 0 Å². The number of benzene rings is 3. The highest BCUT2D eigenvalue weighted by Crippen LogP contribution is 2.44. The predicted octanol–water partition coefficient (Wildman–Crippen LogP) is 5.14. The van der Waals surface area contributed by atoms with Crippen LogP contribution in [0.3, 0.4) is 0 Å². The third kappa shape index (κ3) is 1.26. The normalized spacial score (nSPS) is 12.3. The fourth-order valence-electron chi connectivity index (χ4n) is 4.06. The van der Waals surface area contributed by atoms with Gasteiger partial charge in [-0.1, -0.05) is 36.4 Å². The van der Waals surface area contributed by atoms with Crippen molar-refractivity contribution in [2.45, 2.75) is 0 Å². The van der Waals surface area contributed by atoms with Crippen molar-refractivity contribution < 1.29 is 5.11 Å². The van der Waals surface area contributed by atoms with E-state index in [9.17, 15) is 5.11 Å². The highest BCUT2D eigenvalue weighted by atomic mass is 16.3. The van der Waals surface area contributed by atoms with Crippen LogP contribution in [0.15, 0.2) is 54.7 Å². The van der Waals surface area contributed by atoms with Gasteiger partial charge in [-0.25, -0.2) is 0 Å². The highest BCUT2D eigenvalue weighted by molar-refractivity contribution is 6.36. The number of aromatic hydroxyl groups is 1. The maximum atomic E-state index is 10.5. The number of rotatable bonds is 0. The number of nitrogens with one attached hydrogen (secondary N) is 3. The van der Waals surface area contributed by atoms with Crippen LogP contribution in [-0.2, 0) is 0 Å². The fraction of sp³-hybridized carbons (Fsp3) is 0. The zero-order valence-electron chi connectivity index (χ0n) is 12.6. The summed E-state index contributed by atoms with van der Waals surface area (Å²) in [4.78, 5) is 10.1. The standard InChI is InChI=1S/C20H13N3O/c24-20-17-12(9-21-20)15-10-5-1-3-7-13(10)22-18(15)19-16(17)11-6-2-4-8-14(11)23-19/h1-9,21-24H. The minimum absolute atomic E-state index is 0.215. The van der Waals surface area contributed by atoms with Gasteiger partial charge < -0.3 is 20.1 Å². The topological polar surface area (TPSA) is 67.6 Å².